The second-order valence-electron chi connectivity index (χ2n) is 5.57. The van der Waals surface area contributed by atoms with E-state index in [9.17, 15) is 15.0 Å². The molecule has 4 atom stereocenters. The first-order valence-electron chi connectivity index (χ1n) is 7.44. The number of carbonyl (C=O) groups excluding carboxylic acids is 1. The molecule has 0 spiro atoms. The Morgan fingerprint density at radius 3 is 2.75 bits per heavy atom. The van der Waals surface area contributed by atoms with Gasteiger partial charge >= 0.3 is 5.97 Å². The molecule has 128 valence electrons. The molecule has 2 N–H and O–H groups in total. The van der Waals surface area contributed by atoms with Crippen molar-refractivity contribution >= 4 is 17.6 Å². The maximum absolute atomic E-state index is 12.1. The Kier molecular flexibility index (Phi) is 5.08. The molecule has 3 rings (SSSR count). The number of aliphatic hydroxyl groups is 1. The van der Waals surface area contributed by atoms with Crippen LogP contribution in [0, 0.1) is 11.8 Å². The molecule has 6 nitrogen and oxygen atoms in total. The van der Waals surface area contributed by atoms with Gasteiger partial charge in [0.25, 0.3) is 0 Å². The number of aliphatic hydroxyl groups excluding tert-OH is 1. The fourth-order valence-electron chi connectivity index (χ4n) is 2.97. The number of phenols is 1. The molecule has 0 bridgehead atoms. The predicted molar refractivity (Wildman–Crippen MR) is 85.3 cm³/mol. The van der Waals surface area contributed by atoms with Crippen molar-refractivity contribution in [2.24, 2.45) is 11.8 Å². The lowest BCUT2D eigenvalue weighted by atomic mass is 9.88. The first kappa shape index (κ1) is 16.8. The van der Waals surface area contributed by atoms with Gasteiger partial charge in [-0.05, 0) is 35.9 Å². The topological polar surface area (TPSA) is 85.2 Å². The molecule has 0 fully saturated rings. The van der Waals surface area contributed by atoms with Crippen LogP contribution in [0.1, 0.15) is 10.4 Å². The van der Waals surface area contributed by atoms with E-state index in [1.54, 1.807) is 12.2 Å². The summed E-state index contributed by atoms with van der Waals surface area (Å²) in [6.07, 6.45) is 3.57. The smallest absolute Gasteiger partial charge is 0.338 e. The second kappa shape index (κ2) is 7.25. The lowest BCUT2D eigenvalue weighted by Gasteiger charge is -2.32. The molecule has 1 aromatic rings. The van der Waals surface area contributed by atoms with Crippen LogP contribution in [0.15, 0.2) is 48.3 Å². The summed E-state index contributed by atoms with van der Waals surface area (Å²) in [6, 6.07) is 5.73. The van der Waals surface area contributed by atoms with Gasteiger partial charge in [0.2, 0.25) is 6.29 Å². The molecule has 0 saturated heterocycles. The highest BCUT2D eigenvalue weighted by atomic mass is 35.5. The number of hydrogen-bond acceptors (Lipinski definition) is 6. The molecule has 0 saturated carbocycles. The predicted octanol–water partition coefficient (Wildman–Crippen LogP) is 2.17. The zero-order valence-electron chi connectivity index (χ0n) is 12.7. The number of halogens is 1. The molecule has 2 aliphatic rings. The highest BCUT2D eigenvalue weighted by Crippen LogP contribution is 2.40. The van der Waals surface area contributed by atoms with E-state index in [1.165, 1.54) is 30.5 Å². The van der Waals surface area contributed by atoms with Gasteiger partial charge in [0.1, 0.15) is 18.4 Å². The summed E-state index contributed by atoms with van der Waals surface area (Å²) in [6.45, 7) is 0.0112. The third kappa shape index (κ3) is 3.40. The number of benzene rings is 1. The van der Waals surface area contributed by atoms with E-state index >= 15 is 0 Å². The van der Waals surface area contributed by atoms with Crippen molar-refractivity contribution in [3.63, 3.8) is 0 Å². The Labute approximate surface area is 143 Å². The lowest BCUT2D eigenvalue weighted by Crippen LogP contribution is -2.36. The molecular weight excluding hydrogens is 336 g/mol. The first-order valence-corrected chi connectivity index (χ1v) is 7.98. The van der Waals surface area contributed by atoms with Crippen molar-refractivity contribution < 1.29 is 29.2 Å². The molecule has 0 amide bonds. The summed E-state index contributed by atoms with van der Waals surface area (Å²) in [4.78, 5) is 12.1. The van der Waals surface area contributed by atoms with Crippen LogP contribution in [0.3, 0.4) is 0 Å². The normalized spacial score (nSPS) is 28.0. The minimum Gasteiger partial charge on any atom is -0.508 e. The van der Waals surface area contributed by atoms with E-state index in [1.807, 2.05) is 0 Å². The first-order chi connectivity index (χ1) is 11.6. The van der Waals surface area contributed by atoms with Crippen LogP contribution in [0.4, 0.5) is 0 Å². The zero-order valence-corrected chi connectivity index (χ0v) is 13.4. The third-order valence-electron chi connectivity index (χ3n) is 4.13. The Balaban J connectivity index is 1.67. The molecule has 24 heavy (non-hydrogen) atoms. The average Bonchev–Trinajstić information content (AvgIpc) is 2.91. The molecule has 1 heterocycles. The maximum atomic E-state index is 12.1. The summed E-state index contributed by atoms with van der Waals surface area (Å²) in [5, 5.41) is 19.4. The van der Waals surface area contributed by atoms with Crippen LogP contribution in [-0.2, 0) is 14.2 Å². The SMILES string of the molecule is O=C(OCC1=CC(O)[C@@H]2C=CO[C@@H](OCCl)[C@H]12)c1ccc(O)cc1. The van der Waals surface area contributed by atoms with Crippen LogP contribution >= 0.6 is 11.6 Å². The number of ether oxygens (including phenoxy) is 3. The minimum absolute atomic E-state index is 0.0112. The molecular formula is C17H17ClO6. The Hall–Kier alpha value is -2.02. The standard InChI is InChI=1S/C17H17ClO6/c18-9-24-17-15-11(7-14(20)13(15)5-6-22-17)8-23-16(21)10-1-3-12(19)4-2-10/h1-7,13-15,17,19-20H,8-9H2/t13-,14?,15+,17-/m0/s1. The van der Waals surface area contributed by atoms with Gasteiger partial charge in [-0.15, -0.1) is 0 Å². The summed E-state index contributed by atoms with van der Waals surface area (Å²) in [5.41, 5.74) is 1.05. The fourth-order valence-corrected chi connectivity index (χ4v) is 3.09. The molecule has 1 aromatic carbocycles. The van der Waals surface area contributed by atoms with Crippen molar-refractivity contribution in [2.45, 2.75) is 12.4 Å². The largest absolute Gasteiger partial charge is 0.508 e. The van der Waals surface area contributed by atoms with Crippen LogP contribution in [-0.4, -0.2) is 41.2 Å². The lowest BCUT2D eigenvalue weighted by molar-refractivity contribution is -0.139. The van der Waals surface area contributed by atoms with Crippen LogP contribution in [0.25, 0.3) is 0 Å². The van der Waals surface area contributed by atoms with E-state index in [2.05, 4.69) is 0 Å². The number of carbonyl (C=O) groups is 1. The summed E-state index contributed by atoms with van der Waals surface area (Å²) in [7, 11) is 0. The number of alkyl halides is 1. The van der Waals surface area contributed by atoms with Crippen LogP contribution in [0.2, 0.25) is 0 Å². The maximum Gasteiger partial charge on any atom is 0.338 e. The monoisotopic (exact) mass is 352 g/mol. The minimum atomic E-state index is -0.695. The molecule has 0 radical (unpaired) electrons. The quantitative estimate of drug-likeness (QED) is 0.480. The van der Waals surface area contributed by atoms with E-state index in [0.717, 1.165) is 5.57 Å². The van der Waals surface area contributed by atoms with Crippen molar-refractivity contribution in [2.75, 3.05) is 12.7 Å². The Bertz CT molecular complexity index is 654. The van der Waals surface area contributed by atoms with Crippen LogP contribution in [0.5, 0.6) is 5.75 Å². The molecule has 7 heteroatoms. The van der Waals surface area contributed by atoms with Crippen molar-refractivity contribution in [1.82, 2.24) is 0 Å². The summed E-state index contributed by atoms with van der Waals surface area (Å²) >= 11 is 5.62. The molecule has 0 aromatic heterocycles. The summed E-state index contributed by atoms with van der Waals surface area (Å²) in [5.74, 6) is -0.912. The van der Waals surface area contributed by atoms with E-state index in [4.69, 9.17) is 25.8 Å². The van der Waals surface area contributed by atoms with Gasteiger partial charge in [-0.25, -0.2) is 4.79 Å². The van der Waals surface area contributed by atoms with Gasteiger partial charge in [-0.1, -0.05) is 17.7 Å². The van der Waals surface area contributed by atoms with Gasteiger partial charge in [0.05, 0.1) is 23.8 Å². The van der Waals surface area contributed by atoms with Gasteiger partial charge in [-0.3, -0.25) is 0 Å². The second-order valence-corrected chi connectivity index (χ2v) is 5.79. The average molecular weight is 353 g/mol. The molecule has 1 aliphatic carbocycles. The van der Waals surface area contributed by atoms with Gasteiger partial charge in [-0.2, -0.15) is 0 Å². The number of esters is 1. The number of rotatable bonds is 5. The van der Waals surface area contributed by atoms with Gasteiger partial charge in [0.15, 0.2) is 0 Å². The van der Waals surface area contributed by atoms with E-state index in [-0.39, 0.29) is 30.3 Å². The van der Waals surface area contributed by atoms with E-state index in [0.29, 0.717) is 5.56 Å². The number of hydrogen-bond donors (Lipinski definition) is 2. The highest BCUT2D eigenvalue weighted by Gasteiger charge is 2.43. The number of fused-ring (bicyclic) bond motifs is 1. The number of phenolic OH excluding ortho intramolecular Hbond substituents is 1. The highest BCUT2D eigenvalue weighted by molar-refractivity contribution is 6.17. The van der Waals surface area contributed by atoms with Gasteiger partial charge < -0.3 is 24.4 Å². The van der Waals surface area contributed by atoms with Crippen molar-refractivity contribution in [3.05, 3.63) is 53.8 Å². The fraction of sp³-hybridized carbons (Fsp3) is 0.353. The van der Waals surface area contributed by atoms with Crippen molar-refractivity contribution in [3.8, 4) is 5.75 Å². The molecule has 1 unspecified atom stereocenters. The van der Waals surface area contributed by atoms with Gasteiger partial charge in [0, 0.05) is 5.92 Å². The Morgan fingerprint density at radius 2 is 2.04 bits per heavy atom. The summed E-state index contributed by atoms with van der Waals surface area (Å²) < 4.78 is 16.1. The van der Waals surface area contributed by atoms with Crippen molar-refractivity contribution in [1.29, 1.82) is 0 Å². The molecule has 1 aliphatic heterocycles. The van der Waals surface area contributed by atoms with E-state index < -0.39 is 18.4 Å². The number of aromatic hydroxyl groups is 1. The third-order valence-corrected chi connectivity index (χ3v) is 4.25. The zero-order chi connectivity index (χ0) is 17.1. The Morgan fingerprint density at radius 1 is 1.29 bits per heavy atom. The van der Waals surface area contributed by atoms with Crippen LogP contribution < -0.4 is 0 Å².